The highest BCUT2D eigenvalue weighted by molar-refractivity contribution is 8.18. The molecule has 1 aliphatic heterocycles. The predicted octanol–water partition coefficient (Wildman–Crippen LogP) is 2.96. The largest absolute Gasteiger partial charge is 0.362 e. The Hall–Kier alpha value is -2.19. The molecule has 0 radical (unpaired) electrons. The van der Waals surface area contributed by atoms with Crippen molar-refractivity contribution in [2.45, 2.75) is 6.92 Å². The van der Waals surface area contributed by atoms with Gasteiger partial charge in [-0.05, 0) is 36.9 Å². The Morgan fingerprint density at radius 2 is 2.36 bits per heavy atom. The second kappa shape index (κ2) is 6.29. The van der Waals surface area contributed by atoms with Gasteiger partial charge in [0.25, 0.3) is 5.91 Å². The van der Waals surface area contributed by atoms with E-state index in [2.05, 4.69) is 26.8 Å². The Morgan fingerprint density at radius 1 is 1.50 bits per heavy atom. The summed E-state index contributed by atoms with van der Waals surface area (Å²) in [5, 5.41) is 9.89. The van der Waals surface area contributed by atoms with Crippen LogP contribution in [0.2, 0.25) is 0 Å². The van der Waals surface area contributed by atoms with Gasteiger partial charge in [-0.25, -0.2) is 0 Å². The van der Waals surface area contributed by atoms with Gasteiger partial charge in [0.15, 0.2) is 5.17 Å². The number of amidine groups is 1. The molecule has 3 heterocycles. The topological polar surface area (TPSA) is 74.2 Å². The van der Waals surface area contributed by atoms with Crippen molar-refractivity contribution in [2.75, 3.05) is 6.54 Å². The number of carbonyl (C=O) groups is 1. The molecule has 3 rings (SSSR count). The summed E-state index contributed by atoms with van der Waals surface area (Å²) in [5.41, 5.74) is 0.877. The molecule has 0 unspecified atom stereocenters. The number of nitrogens with one attached hydrogen (secondary N) is 1. The molecule has 0 aliphatic carbocycles. The van der Waals surface area contributed by atoms with Crippen molar-refractivity contribution < 1.29 is 4.79 Å². The molecule has 1 amide bonds. The van der Waals surface area contributed by atoms with Gasteiger partial charge in [-0.1, -0.05) is 17.4 Å². The molecular formula is C14H13N5OS2. The van der Waals surface area contributed by atoms with Crippen LogP contribution in [0.25, 0.3) is 6.08 Å². The summed E-state index contributed by atoms with van der Waals surface area (Å²) in [6, 6.07) is 3.79. The average molecular weight is 331 g/mol. The van der Waals surface area contributed by atoms with Crippen LogP contribution >= 0.6 is 23.1 Å². The van der Waals surface area contributed by atoms with Crippen LogP contribution in [0.15, 0.2) is 40.9 Å². The van der Waals surface area contributed by atoms with Gasteiger partial charge in [-0.2, -0.15) is 4.99 Å². The summed E-state index contributed by atoms with van der Waals surface area (Å²) in [5.74, 6) is -0.0838. The van der Waals surface area contributed by atoms with Crippen molar-refractivity contribution in [1.29, 1.82) is 0 Å². The first-order valence-corrected chi connectivity index (χ1v) is 8.15. The van der Waals surface area contributed by atoms with Gasteiger partial charge < -0.3 is 4.98 Å². The number of nitrogens with zero attached hydrogens (tertiary/aromatic N) is 4. The minimum absolute atomic E-state index is 0.0838. The van der Waals surface area contributed by atoms with Crippen molar-refractivity contribution in [2.24, 2.45) is 4.99 Å². The standard InChI is InChI=1S/C14H13N5OS2/c1-3-7-19-12(20)11(8-10-5-4-6-15-10)22-14(19)16-13-18-17-9(2)21-13/h3-6,8,15H,1,7H2,2H3/b11-8+,16-14+. The molecule has 22 heavy (non-hydrogen) atoms. The number of aromatic amines is 1. The predicted molar refractivity (Wildman–Crippen MR) is 90.0 cm³/mol. The molecule has 2 aromatic heterocycles. The van der Waals surface area contributed by atoms with E-state index < -0.39 is 0 Å². The van der Waals surface area contributed by atoms with E-state index >= 15 is 0 Å². The first-order valence-electron chi connectivity index (χ1n) is 6.52. The molecular weight excluding hydrogens is 318 g/mol. The first-order chi connectivity index (χ1) is 10.7. The van der Waals surface area contributed by atoms with Gasteiger partial charge >= 0.3 is 0 Å². The van der Waals surface area contributed by atoms with Crippen molar-refractivity contribution in [3.05, 3.63) is 46.6 Å². The normalized spacial score (nSPS) is 18.6. The maximum absolute atomic E-state index is 12.5. The molecule has 2 aromatic rings. The lowest BCUT2D eigenvalue weighted by molar-refractivity contribution is -0.121. The second-order valence-corrected chi connectivity index (χ2v) is 6.61. The number of amides is 1. The van der Waals surface area contributed by atoms with E-state index in [1.807, 2.05) is 31.3 Å². The minimum atomic E-state index is -0.0838. The number of aromatic nitrogens is 3. The molecule has 8 heteroatoms. The Labute approximate surface area is 135 Å². The van der Waals surface area contributed by atoms with Crippen LogP contribution in [0.5, 0.6) is 0 Å². The van der Waals surface area contributed by atoms with Gasteiger partial charge in [0.2, 0.25) is 5.13 Å². The molecule has 0 saturated carbocycles. The number of aryl methyl sites for hydroxylation is 1. The maximum atomic E-state index is 12.5. The fourth-order valence-electron chi connectivity index (χ4n) is 1.87. The van der Waals surface area contributed by atoms with E-state index in [0.717, 1.165) is 10.7 Å². The van der Waals surface area contributed by atoms with Crippen LogP contribution in [-0.2, 0) is 4.79 Å². The van der Waals surface area contributed by atoms with E-state index in [1.54, 1.807) is 11.0 Å². The minimum Gasteiger partial charge on any atom is -0.362 e. The van der Waals surface area contributed by atoms with Gasteiger partial charge in [0, 0.05) is 18.4 Å². The molecule has 1 N–H and O–H groups in total. The van der Waals surface area contributed by atoms with E-state index in [9.17, 15) is 4.79 Å². The summed E-state index contributed by atoms with van der Waals surface area (Å²) >= 11 is 2.72. The van der Waals surface area contributed by atoms with Crippen LogP contribution in [0.3, 0.4) is 0 Å². The average Bonchev–Trinajstić information content (AvgIpc) is 3.19. The third-order valence-corrected chi connectivity index (χ3v) is 4.55. The molecule has 1 aliphatic rings. The molecule has 1 saturated heterocycles. The number of carbonyl (C=O) groups excluding carboxylic acids is 1. The van der Waals surface area contributed by atoms with Gasteiger partial charge in [0.05, 0.1) is 4.91 Å². The monoisotopic (exact) mass is 331 g/mol. The highest BCUT2D eigenvalue weighted by Crippen LogP contribution is 2.34. The van der Waals surface area contributed by atoms with Gasteiger partial charge in [-0.15, -0.1) is 16.8 Å². The lowest BCUT2D eigenvalue weighted by atomic mass is 10.3. The number of aliphatic imine (C=N–C) groups is 1. The zero-order chi connectivity index (χ0) is 15.5. The van der Waals surface area contributed by atoms with Crippen molar-refractivity contribution in [3.8, 4) is 0 Å². The Bertz CT molecular complexity index is 760. The Kier molecular flexibility index (Phi) is 4.21. The zero-order valence-corrected chi connectivity index (χ0v) is 13.4. The van der Waals surface area contributed by atoms with Crippen molar-refractivity contribution >= 4 is 45.4 Å². The molecule has 0 aromatic carbocycles. The van der Waals surface area contributed by atoms with Gasteiger partial charge in [0.1, 0.15) is 5.01 Å². The van der Waals surface area contributed by atoms with E-state index in [0.29, 0.717) is 21.7 Å². The van der Waals surface area contributed by atoms with Crippen molar-refractivity contribution in [1.82, 2.24) is 20.1 Å². The summed E-state index contributed by atoms with van der Waals surface area (Å²) in [6.07, 6.45) is 5.31. The van der Waals surface area contributed by atoms with Crippen LogP contribution in [0, 0.1) is 6.92 Å². The lowest BCUT2D eigenvalue weighted by Gasteiger charge is -2.11. The number of hydrogen-bond acceptors (Lipinski definition) is 6. The number of thioether (sulfide) groups is 1. The fraction of sp³-hybridized carbons (Fsp3) is 0.143. The maximum Gasteiger partial charge on any atom is 0.267 e. The summed E-state index contributed by atoms with van der Waals surface area (Å²) in [7, 11) is 0. The Balaban J connectivity index is 1.93. The highest BCUT2D eigenvalue weighted by atomic mass is 32.2. The van der Waals surface area contributed by atoms with Crippen LogP contribution in [0.4, 0.5) is 5.13 Å². The molecule has 0 atom stereocenters. The first kappa shape index (κ1) is 14.7. The van der Waals surface area contributed by atoms with Crippen LogP contribution in [0.1, 0.15) is 10.7 Å². The summed E-state index contributed by atoms with van der Waals surface area (Å²) in [6.45, 7) is 5.97. The SMILES string of the molecule is C=CCN1C(=O)/C(=C\c2ccc[nH]2)S/C1=N/c1nnc(C)s1. The quantitative estimate of drug-likeness (QED) is 0.690. The third-order valence-electron chi connectivity index (χ3n) is 2.82. The number of rotatable bonds is 4. The highest BCUT2D eigenvalue weighted by Gasteiger charge is 2.32. The fourth-order valence-corrected chi connectivity index (χ4v) is 3.47. The summed E-state index contributed by atoms with van der Waals surface area (Å²) in [4.78, 5) is 22.2. The molecule has 0 bridgehead atoms. The van der Waals surface area contributed by atoms with Crippen LogP contribution < -0.4 is 0 Å². The molecule has 1 fully saturated rings. The zero-order valence-electron chi connectivity index (χ0n) is 11.8. The molecule has 6 nitrogen and oxygen atoms in total. The van der Waals surface area contributed by atoms with E-state index in [4.69, 9.17) is 0 Å². The van der Waals surface area contributed by atoms with Gasteiger partial charge in [-0.3, -0.25) is 9.69 Å². The van der Waals surface area contributed by atoms with E-state index in [-0.39, 0.29) is 5.91 Å². The molecule has 112 valence electrons. The lowest BCUT2D eigenvalue weighted by Crippen LogP contribution is -2.29. The number of H-pyrrole nitrogens is 1. The van der Waals surface area contributed by atoms with E-state index in [1.165, 1.54) is 23.1 Å². The second-order valence-electron chi connectivity index (χ2n) is 4.44. The Morgan fingerprint density at radius 3 is 3.00 bits per heavy atom. The van der Waals surface area contributed by atoms with Crippen LogP contribution in [-0.4, -0.2) is 37.7 Å². The molecule has 0 spiro atoms. The number of hydrogen-bond donors (Lipinski definition) is 1. The third kappa shape index (κ3) is 3.02. The summed E-state index contributed by atoms with van der Waals surface area (Å²) < 4.78 is 0. The van der Waals surface area contributed by atoms with Crippen molar-refractivity contribution in [3.63, 3.8) is 0 Å². The smallest absolute Gasteiger partial charge is 0.267 e.